The zero-order chi connectivity index (χ0) is 21.5. The smallest absolute Gasteiger partial charge is 0.355 e. The third kappa shape index (κ3) is 7.07. The van der Waals surface area contributed by atoms with Crippen molar-refractivity contribution >= 4 is 35.8 Å². The minimum absolute atomic E-state index is 0. The van der Waals surface area contributed by atoms with Gasteiger partial charge in [0.05, 0.1) is 17.5 Å². The quantitative estimate of drug-likeness (QED) is 0.268. The van der Waals surface area contributed by atoms with Crippen molar-refractivity contribution in [2.45, 2.75) is 31.9 Å². The Morgan fingerprint density at radius 2 is 1.90 bits per heavy atom. The van der Waals surface area contributed by atoms with Crippen LogP contribution in [0.5, 0.6) is 0 Å². The number of rotatable bonds is 4. The maximum absolute atomic E-state index is 12.7. The van der Waals surface area contributed by atoms with E-state index in [1.807, 2.05) is 0 Å². The molecule has 2 rings (SSSR count). The maximum atomic E-state index is 12.7. The largest absolute Gasteiger partial charge is 0.416 e. The van der Waals surface area contributed by atoms with Crippen LogP contribution in [-0.4, -0.2) is 51.0 Å². The highest BCUT2D eigenvalue weighted by atomic mass is 127. The Kier molecular flexibility index (Phi) is 9.94. The van der Waals surface area contributed by atoms with Gasteiger partial charge in [-0.25, -0.2) is 0 Å². The van der Waals surface area contributed by atoms with Crippen molar-refractivity contribution in [2.24, 2.45) is 10.4 Å². The molecule has 1 aromatic rings. The second-order valence-corrected chi connectivity index (χ2v) is 7.35. The van der Waals surface area contributed by atoms with Crippen LogP contribution in [0.2, 0.25) is 0 Å². The molecule has 0 unspecified atom stereocenters. The molecule has 1 saturated carbocycles. The molecule has 0 aromatic heterocycles. The van der Waals surface area contributed by atoms with Crippen molar-refractivity contribution < 1.29 is 18.0 Å². The van der Waals surface area contributed by atoms with Gasteiger partial charge in [-0.2, -0.15) is 13.2 Å². The highest BCUT2D eigenvalue weighted by Gasteiger charge is 2.42. The molecule has 5 nitrogen and oxygen atoms in total. The molecule has 0 radical (unpaired) electrons. The number of nitrogens with one attached hydrogen (secondary N) is 2. The molecule has 0 heterocycles. The monoisotopic (exact) mass is 536 g/mol. The standard InChI is InChI=1S/C21H27F3N4O.HI/c1-25-19(27-15-20(11-4-5-12-20)18(29)28(2)3)26-13-7-9-16-8-6-10-17(14-16)21(22,23)24;/h6,8,10,14H,4-5,11-13,15H2,1-3H3,(H2,25,26,27);1H. The van der Waals surface area contributed by atoms with E-state index in [0.717, 1.165) is 37.8 Å². The molecule has 166 valence electrons. The molecule has 1 aliphatic rings. The van der Waals surface area contributed by atoms with E-state index in [4.69, 9.17) is 0 Å². The SMILES string of the molecule is CN=C(NCC#Cc1cccc(C(F)(F)F)c1)NCC1(C(=O)N(C)C)CCCC1.I. The number of aliphatic imine (C=N–C) groups is 1. The minimum atomic E-state index is -4.39. The van der Waals surface area contributed by atoms with Gasteiger partial charge in [-0.15, -0.1) is 24.0 Å². The number of carbonyl (C=O) groups excluding carboxylic acids is 1. The molecule has 1 amide bonds. The molecule has 2 N–H and O–H groups in total. The summed E-state index contributed by atoms with van der Waals surface area (Å²) >= 11 is 0. The second kappa shape index (κ2) is 11.4. The fourth-order valence-electron chi connectivity index (χ4n) is 3.51. The molecule has 1 fully saturated rings. The predicted octanol–water partition coefficient (Wildman–Crippen LogP) is 3.49. The summed E-state index contributed by atoms with van der Waals surface area (Å²) < 4.78 is 38.2. The van der Waals surface area contributed by atoms with E-state index in [0.29, 0.717) is 18.1 Å². The minimum Gasteiger partial charge on any atom is -0.355 e. The number of amides is 1. The van der Waals surface area contributed by atoms with Crippen LogP contribution in [-0.2, 0) is 11.0 Å². The topological polar surface area (TPSA) is 56.7 Å². The molecular weight excluding hydrogens is 508 g/mol. The lowest BCUT2D eigenvalue weighted by Gasteiger charge is -2.31. The average molecular weight is 536 g/mol. The Bertz CT molecular complexity index is 806. The molecule has 0 atom stereocenters. The first-order valence-electron chi connectivity index (χ1n) is 9.50. The number of benzene rings is 1. The van der Waals surface area contributed by atoms with Gasteiger partial charge in [0.2, 0.25) is 5.91 Å². The summed E-state index contributed by atoms with van der Waals surface area (Å²) in [7, 11) is 5.14. The fraction of sp³-hybridized carbons (Fsp3) is 0.524. The number of carbonyl (C=O) groups is 1. The molecule has 0 bridgehead atoms. The van der Waals surface area contributed by atoms with E-state index < -0.39 is 17.2 Å². The Hall–Kier alpha value is -1.96. The lowest BCUT2D eigenvalue weighted by molar-refractivity contribution is -0.139. The Morgan fingerprint density at radius 3 is 2.47 bits per heavy atom. The summed E-state index contributed by atoms with van der Waals surface area (Å²) in [4.78, 5) is 18.4. The lowest BCUT2D eigenvalue weighted by Crippen LogP contribution is -2.49. The van der Waals surface area contributed by atoms with Crippen molar-refractivity contribution in [2.75, 3.05) is 34.2 Å². The summed E-state index contributed by atoms with van der Waals surface area (Å²) in [5.74, 6) is 6.13. The molecule has 0 spiro atoms. The first kappa shape index (κ1) is 26.1. The van der Waals surface area contributed by atoms with E-state index in [-0.39, 0.29) is 36.4 Å². The van der Waals surface area contributed by atoms with Crippen molar-refractivity contribution in [3.05, 3.63) is 35.4 Å². The van der Waals surface area contributed by atoms with Gasteiger partial charge in [0.1, 0.15) is 0 Å². The number of alkyl halides is 3. The summed E-state index contributed by atoms with van der Waals surface area (Å²) in [6, 6.07) is 4.91. The molecule has 0 saturated heterocycles. The van der Waals surface area contributed by atoms with Gasteiger partial charge in [-0.05, 0) is 31.0 Å². The van der Waals surface area contributed by atoms with E-state index in [1.54, 1.807) is 26.0 Å². The lowest BCUT2D eigenvalue weighted by atomic mass is 9.84. The van der Waals surface area contributed by atoms with E-state index in [9.17, 15) is 18.0 Å². The maximum Gasteiger partial charge on any atom is 0.416 e. The molecule has 0 aliphatic heterocycles. The van der Waals surface area contributed by atoms with Gasteiger partial charge in [0.25, 0.3) is 0 Å². The average Bonchev–Trinajstić information content (AvgIpc) is 3.16. The number of guanidine groups is 1. The first-order chi connectivity index (χ1) is 13.7. The van der Waals surface area contributed by atoms with Crippen molar-refractivity contribution in [3.63, 3.8) is 0 Å². The van der Waals surface area contributed by atoms with E-state index in [2.05, 4.69) is 27.5 Å². The van der Waals surface area contributed by atoms with Gasteiger partial charge >= 0.3 is 6.18 Å². The number of hydrogen-bond acceptors (Lipinski definition) is 2. The van der Waals surface area contributed by atoms with Crippen LogP contribution in [0.4, 0.5) is 13.2 Å². The number of halogens is 4. The highest BCUT2D eigenvalue weighted by molar-refractivity contribution is 14.0. The zero-order valence-corrected chi connectivity index (χ0v) is 19.7. The van der Waals surface area contributed by atoms with Gasteiger partial charge in [0.15, 0.2) is 5.96 Å². The van der Waals surface area contributed by atoms with Crippen molar-refractivity contribution in [3.8, 4) is 11.8 Å². The van der Waals surface area contributed by atoms with Crippen LogP contribution in [0.25, 0.3) is 0 Å². The van der Waals surface area contributed by atoms with Crippen molar-refractivity contribution in [1.82, 2.24) is 15.5 Å². The van der Waals surface area contributed by atoms with E-state index >= 15 is 0 Å². The van der Waals surface area contributed by atoms with Crippen LogP contribution in [0.1, 0.15) is 36.8 Å². The zero-order valence-electron chi connectivity index (χ0n) is 17.4. The Labute approximate surface area is 192 Å². The van der Waals surface area contributed by atoms with E-state index in [1.165, 1.54) is 12.1 Å². The van der Waals surface area contributed by atoms with Gasteiger partial charge in [0, 0.05) is 33.3 Å². The number of nitrogens with zero attached hydrogens (tertiary/aromatic N) is 2. The third-order valence-electron chi connectivity index (χ3n) is 5.01. The van der Waals surface area contributed by atoms with Crippen molar-refractivity contribution in [1.29, 1.82) is 0 Å². The second-order valence-electron chi connectivity index (χ2n) is 7.35. The fourth-order valence-corrected chi connectivity index (χ4v) is 3.51. The number of hydrogen-bond donors (Lipinski definition) is 2. The highest BCUT2D eigenvalue weighted by Crippen LogP contribution is 2.38. The summed E-state index contributed by atoms with van der Waals surface area (Å²) in [6.45, 7) is 0.690. The Balaban J connectivity index is 0.00000450. The van der Waals surface area contributed by atoms with Crippen LogP contribution in [0.15, 0.2) is 29.3 Å². The normalized spacial score (nSPS) is 15.5. The molecule has 1 aromatic carbocycles. The van der Waals surface area contributed by atoms with Crippen LogP contribution >= 0.6 is 24.0 Å². The van der Waals surface area contributed by atoms with Crippen LogP contribution in [0, 0.1) is 17.3 Å². The van der Waals surface area contributed by atoms with Gasteiger partial charge < -0.3 is 15.5 Å². The summed E-state index contributed by atoms with van der Waals surface area (Å²) in [6.07, 6.45) is -0.666. The molecule has 30 heavy (non-hydrogen) atoms. The van der Waals surface area contributed by atoms with Crippen LogP contribution in [0.3, 0.4) is 0 Å². The molecular formula is C21H28F3IN4O. The summed E-state index contributed by atoms with van der Waals surface area (Å²) in [5, 5.41) is 6.20. The predicted molar refractivity (Wildman–Crippen MR) is 123 cm³/mol. The van der Waals surface area contributed by atoms with Crippen LogP contribution < -0.4 is 10.6 Å². The molecule has 1 aliphatic carbocycles. The molecule has 9 heteroatoms. The van der Waals surface area contributed by atoms with Gasteiger partial charge in [-0.3, -0.25) is 9.79 Å². The van der Waals surface area contributed by atoms with Gasteiger partial charge in [-0.1, -0.05) is 30.7 Å². The third-order valence-corrected chi connectivity index (χ3v) is 5.01. The summed E-state index contributed by atoms with van der Waals surface area (Å²) in [5.41, 5.74) is -0.849. The Morgan fingerprint density at radius 1 is 1.23 bits per heavy atom. The first-order valence-corrected chi connectivity index (χ1v) is 9.50.